The van der Waals surface area contributed by atoms with Crippen molar-refractivity contribution in [3.8, 4) is 0 Å². The molecular formula is C18H24N2O2. The Hall–Kier alpha value is -1.84. The Morgan fingerprint density at radius 3 is 2.55 bits per heavy atom. The van der Waals surface area contributed by atoms with Crippen molar-refractivity contribution in [3.05, 3.63) is 30.3 Å². The molecule has 1 saturated carbocycles. The standard InChI is InChI=1S/C18H24N2O2/c21-17-10-8-15(9-11-17)19-18(22)14-5-4-12-20(13-14)16-6-2-1-3-7-16/h1-3,6-7,14-15H,4-5,8-13H2,(H,19,22). The van der Waals surface area contributed by atoms with Crippen molar-refractivity contribution in [2.75, 3.05) is 18.0 Å². The van der Waals surface area contributed by atoms with Gasteiger partial charge in [0.15, 0.2) is 0 Å². The van der Waals surface area contributed by atoms with Crippen LogP contribution in [0.15, 0.2) is 30.3 Å². The first-order valence-corrected chi connectivity index (χ1v) is 8.34. The van der Waals surface area contributed by atoms with Crippen molar-refractivity contribution < 1.29 is 9.59 Å². The normalized spacial score (nSPS) is 23.4. The molecule has 1 saturated heterocycles. The van der Waals surface area contributed by atoms with Crippen LogP contribution in [0.1, 0.15) is 38.5 Å². The second-order valence-electron chi connectivity index (χ2n) is 6.44. The van der Waals surface area contributed by atoms with Crippen molar-refractivity contribution in [2.24, 2.45) is 5.92 Å². The van der Waals surface area contributed by atoms with E-state index in [0.717, 1.165) is 38.8 Å². The summed E-state index contributed by atoms with van der Waals surface area (Å²) < 4.78 is 0. The third-order valence-corrected chi connectivity index (χ3v) is 4.80. The smallest absolute Gasteiger partial charge is 0.225 e. The molecule has 0 aromatic heterocycles. The predicted molar refractivity (Wildman–Crippen MR) is 86.8 cm³/mol. The lowest BCUT2D eigenvalue weighted by atomic mass is 9.92. The largest absolute Gasteiger partial charge is 0.371 e. The third kappa shape index (κ3) is 3.67. The molecule has 1 N–H and O–H groups in total. The highest BCUT2D eigenvalue weighted by Gasteiger charge is 2.28. The fourth-order valence-corrected chi connectivity index (χ4v) is 3.47. The summed E-state index contributed by atoms with van der Waals surface area (Å²) in [4.78, 5) is 26.1. The fraction of sp³-hybridized carbons (Fsp3) is 0.556. The number of ketones is 1. The quantitative estimate of drug-likeness (QED) is 0.933. The number of carbonyl (C=O) groups is 2. The van der Waals surface area contributed by atoms with Crippen LogP contribution in [0.4, 0.5) is 5.69 Å². The van der Waals surface area contributed by atoms with E-state index in [-0.39, 0.29) is 17.9 Å². The lowest BCUT2D eigenvalue weighted by Gasteiger charge is -2.34. The van der Waals surface area contributed by atoms with E-state index in [1.807, 2.05) is 18.2 Å². The van der Waals surface area contributed by atoms with Crippen LogP contribution >= 0.6 is 0 Å². The zero-order valence-corrected chi connectivity index (χ0v) is 13.0. The Labute approximate surface area is 131 Å². The van der Waals surface area contributed by atoms with Crippen molar-refractivity contribution in [1.29, 1.82) is 0 Å². The fourth-order valence-electron chi connectivity index (χ4n) is 3.47. The van der Waals surface area contributed by atoms with E-state index in [9.17, 15) is 9.59 Å². The molecule has 1 aromatic rings. The molecular weight excluding hydrogens is 276 g/mol. The first-order chi connectivity index (χ1) is 10.7. The highest BCUT2D eigenvalue weighted by molar-refractivity contribution is 5.81. The number of rotatable bonds is 3. The summed E-state index contributed by atoms with van der Waals surface area (Å²) in [7, 11) is 0. The minimum atomic E-state index is 0.0617. The highest BCUT2D eigenvalue weighted by atomic mass is 16.2. The predicted octanol–water partition coefficient (Wildman–Crippen LogP) is 2.53. The molecule has 2 fully saturated rings. The molecule has 1 aliphatic carbocycles. The summed E-state index contributed by atoms with van der Waals surface area (Å²) in [5.74, 6) is 0.560. The summed E-state index contributed by atoms with van der Waals surface area (Å²) in [6.45, 7) is 1.81. The summed E-state index contributed by atoms with van der Waals surface area (Å²) in [5.41, 5.74) is 1.20. The molecule has 1 heterocycles. The van der Waals surface area contributed by atoms with Crippen molar-refractivity contribution in [2.45, 2.75) is 44.6 Å². The number of piperidine rings is 1. The number of anilines is 1. The number of nitrogens with zero attached hydrogens (tertiary/aromatic N) is 1. The van der Waals surface area contributed by atoms with Gasteiger partial charge in [-0.05, 0) is 37.8 Å². The van der Waals surface area contributed by atoms with E-state index >= 15 is 0 Å². The van der Waals surface area contributed by atoms with Crippen LogP contribution in [-0.2, 0) is 9.59 Å². The average molecular weight is 300 g/mol. The van der Waals surface area contributed by atoms with Crippen LogP contribution in [0.2, 0.25) is 0 Å². The Bertz CT molecular complexity index is 519. The Morgan fingerprint density at radius 2 is 1.82 bits per heavy atom. The molecule has 22 heavy (non-hydrogen) atoms. The van der Waals surface area contributed by atoms with Gasteiger partial charge >= 0.3 is 0 Å². The van der Waals surface area contributed by atoms with Gasteiger partial charge in [-0.1, -0.05) is 18.2 Å². The second kappa shape index (κ2) is 6.95. The number of para-hydroxylation sites is 1. The van der Waals surface area contributed by atoms with Gasteiger partial charge in [-0.25, -0.2) is 0 Å². The van der Waals surface area contributed by atoms with Gasteiger partial charge in [0.25, 0.3) is 0 Å². The molecule has 2 aliphatic rings. The van der Waals surface area contributed by atoms with Crippen molar-refractivity contribution in [3.63, 3.8) is 0 Å². The van der Waals surface area contributed by atoms with Crippen LogP contribution < -0.4 is 10.2 Å². The van der Waals surface area contributed by atoms with Gasteiger partial charge in [0.2, 0.25) is 5.91 Å². The number of amides is 1. The van der Waals surface area contributed by atoms with Crippen LogP contribution in [0.25, 0.3) is 0 Å². The molecule has 1 aliphatic heterocycles. The monoisotopic (exact) mass is 300 g/mol. The first-order valence-electron chi connectivity index (χ1n) is 8.34. The van der Waals surface area contributed by atoms with E-state index in [4.69, 9.17) is 0 Å². The van der Waals surface area contributed by atoms with Gasteiger partial charge in [-0.15, -0.1) is 0 Å². The lowest BCUT2D eigenvalue weighted by Crippen LogP contribution is -2.46. The molecule has 1 aromatic carbocycles. The van der Waals surface area contributed by atoms with Gasteiger partial charge in [0, 0.05) is 37.7 Å². The number of hydrogen-bond acceptors (Lipinski definition) is 3. The zero-order chi connectivity index (χ0) is 15.4. The van der Waals surface area contributed by atoms with E-state index in [2.05, 4.69) is 22.3 Å². The van der Waals surface area contributed by atoms with Crippen LogP contribution in [-0.4, -0.2) is 30.8 Å². The Kier molecular flexibility index (Phi) is 4.76. The molecule has 4 heteroatoms. The maximum atomic E-state index is 12.5. The van der Waals surface area contributed by atoms with Crippen molar-refractivity contribution in [1.82, 2.24) is 5.32 Å². The van der Waals surface area contributed by atoms with Gasteiger partial charge in [0.05, 0.1) is 5.92 Å². The summed E-state index contributed by atoms with van der Waals surface area (Å²) in [6.07, 6.45) is 4.86. The minimum absolute atomic E-state index is 0.0617. The number of benzene rings is 1. The zero-order valence-electron chi connectivity index (χ0n) is 13.0. The third-order valence-electron chi connectivity index (χ3n) is 4.80. The first kappa shape index (κ1) is 15.1. The maximum absolute atomic E-state index is 12.5. The molecule has 0 bridgehead atoms. The summed E-state index contributed by atoms with van der Waals surface area (Å²) >= 11 is 0. The van der Waals surface area contributed by atoms with Crippen LogP contribution in [0.5, 0.6) is 0 Å². The molecule has 1 amide bonds. The molecule has 1 unspecified atom stereocenters. The summed E-state index contributed by atoms with van der Waals surface area (Å²) in [5, 5.41) is 3.16. The van der Waals surface area contributed by atoms with Gasteiger partial charge in [0.1, 0.15) is 5.78 Å². The van der Waals surface area contributed by atoms with Crippen LogP contribution in [0, 0.1) is 5.92 Å². The lowest BCUT2D eigenvalue weighted by molar-refractivity contribution is -0.127. The Morgan fingerprint density at radius 1 is 1.09 bits per heavy atom. The van der Waals surface area contributed by atoms with Crippen molar-refractivity contribution >= 4 is 17.4 Å². The number of Topliss-reactive ketones (excluding diaryl/α,β-unsaturated/α-hetero) is 1. The van der Waals surface area contributed by atoms with E-state index in [1.165, 1.54) is 5.69 Å². The number of carbonyl (C=O) groups excluding carboxylic acids is 2. The average Bonchev–Trinajstić information content (AvgIpc) is 2.58. The van der Waals surface area contributed by atoms with Gasteiger partial charge < -0.3 is 10.2 Å². The van der Waals surface area contributed by atoms with Gasteiger partial charge in [-0.3, -0.25) is 9.59 Å². The number of hydrogen-bond donors (Lipinski definition) is 1. The van der Waals surface area contributed by atoms with E-state index < -0.39 is 0 Å². The van der Waals surface area contributed by atoms with E-state index in [1.54, 1.807) is 0 Å². The van der Waals surface area contributed by atoms with E-state index in [0.29, 0.717) is 18.6 Å². The molecule has 118 valence electrons. The topological polar surface area (TPSA) is 49.4 Å². The SMILES string of the molecule is O=C1CCC(NC(=O)C2CCCN(c3ccccc3)C2)CC1. The molecule has 0 spiro atoms. The molecule has 0 radical (unpaired) electrons. The Balaban J connectivity index is 1.55. The number of nitrogens with one attached hydrogen (secondary N) is 1. The van der Waals surface area contributed by atoms with Crippen LogP contribution in [0.3, 0.4) is 0 Å². The maximum Gasteiger partial charge on any atom is 0.225 e. The molecule has 1 atom stereocenters. The molecule has 4 nitrogen and oxygen atoms in total. The second-order valence-corrected chi connectivity index (χ2v) is 6.44. The molecule has 3 rings (SSSR count). The minimum Gasteiger partial charge on any atom is -0.371 e. The summed E-state index contributed by atoms with van der Waals surface area (Å²) in [6, 6.07) is 10.5. The highest BCUT2D eigenvalue weighted by Crippen LogP contribution is 2.24. The van der Waals surface area contributed by atoms with Gasteiger partial charge in [-0.2, -0.15) is 0 Å².